The number of nitrogens with one attached hydrogen (secondary N) is 1. The molecule has 0 saturated heterocycles. The van der Waals surface area contributed by atoms with Gasteiger partial charge in [-0.15, -0.1) is 0 Å². The van der Waals surface area contributed by atoms with Gasteiger partial charge in [0.05, 0.1) is 19.0 Å². The summed E-state index contributed by atoms with van der Waals surface area (Å²) in [6.07, 6.45) is 34.0. The number of esters is 1. The predicted octanol–water partition coefficient (Wildman–Crippen LogP) is 10.9. The van der Waals surface area contributed by atoms with Crippen LogP contribution < -0.4 is 4.72 Å². The molecule has 330 valence electrons. The summed E-state index contributed by atoms with van der Waals surface area (Å²) in [7, 11) is 0.226. The number of carbonyl (C=O) groups is 1. The van der Waals surface area contributed by atoms with Crippen molar-refractivity contribution in [3.8, 4) is 0 Å². The van der Waals surface area contributed by atoms with Crippen molar-refractivity contribution < 1.29 is 28.8 Å². The molecule has 0 aromatic rings. The Morgan fingerprint density at radius 3 is 1.69 bits per heavy atom. The molecule has 0 aliphatic heterocycles. The summed E-state index contributed by atoms with van der Waals surface area (Å²) in [4.78, 5) is 20.9. The molecule has 0 aliphatic carbocycles. The van der Waals surface area contributed by atoms with Crippen molar-refractivity contribution in [1.29, 1.82) is 0 Å². The van der Waals surface area contributed by atoms with Crippen LogP contribution >= 0.6 is 0 Å². The van der Waals surface area contributed by atoms with Gasteiger partial charge in [-0.1, -0.05) is 143 Å². The number of rotatable bonds is 41. The molecule has 55 heavy (non-hydrogen) atoms. The largest absolute Gasteiger partial charge is 0.466 e. The van der Waals surface area contributed by atoms with E-state index in [2.05, 4.69) is 35.4 Å². The van der Waals surface area contributed by atoms with Gasteiger partial charge in [0.1, 0.15) is 6.79 Å². The average Bonchev–Trinajstić information content (AvgIpc) is 3.14. The Balaban J connectivity index is 0. The van der Waals surface area contributed by atoms with Crippen molar-refractivity contribution in [3.05, 3.63) is 0 Å². The Bertz CT molecular complexity index is 989. The molecule has 0 aliphatic rings. The Morgan fingerprint density at radius 1 is 0.636 bits per heavy atom. The van der Waals surface area contributed by atoms with Gasteiger partial charge >= 0.3 is 5.97 Å². The number of guanidine groups is 1. The van der Waals surface area contributed by atoms with Crippen LogP contribution in [0.4, 0.5) is 0 Å². The lowest BCUT2D eigenvalue weighted by Gasteiger charge is -2.22. The molecule has 1 unspecified atom stereocenters. The molecule has 0 aromatic heterocycles. The number of hydrogen-bond acceptors (Lipinski definition) is 8. The number of carbonyl (C=O) groups excluding carboxylic acids is 1. The molecule has 10 nitrogen and oxygen atoms in total. The molecule has 11 heteroatoms. The quantitative estimate of drug-likeness (QED) is 0.0214. The smallest absolute Gasteiger partial charge is 0.305 e. The molecule has 0 rings (SSSR count). The van der Waals surface area contributed by atoms with E-state index in [9.17, 15) is 13.2 Å². The fourth-order valence-corrected chi connectivity index (χ4v) is 7.28. The maximum absolute atomic E-state index is 12.1. The second kappa shape index (κ2) is 39.4. The number of ether oxygens (including phenoxy) is 3. The van der Waals surface area contributed by atoms with Gasteiger partial charge in [0.25, 0.3) is 0 Å². The molecule has 1 N–H and O–H groups in total. The van der Waals surface area contributed by atoms with Crippen LogP contribution in [0.1, 0.15) is 202 Å². The van der Waals surface area contributed by atoms with Crippen molar-refractivity contribution in [2.24, 2.45) is 4.99 Å². The minimum Gasteiger partial charge on any atom is -0.466 e. The van der Waals surface area contributed by atoms with Gasteiger partial charge in [0.15, 0.2) is 0 Å². The van der Waals surface area contributed by atoms with Crippen LogP contribution in [0.3, 0.4) is 0 Å². The van der Waals surface area contributed by atoms with Crippen molar-refractivity contribution in [3.63, 3.8) is 0 Å². The maximum Gasteiger partial charge on any atom is 0.305 e. The fourth-order valence-electron chi connectivity index (χ4n) is 6.70. The van der Waals surface area contributed by atoms with Crippen molar-refractivity contribution in [2.45, 2.75) is 207 Å². The van der Waals surface area contributed by atoms with Crippen LogP contribution in [0, 0.1) is 0 Å². The van der Waals surface area contributed by atoms with Crippen molar-refractivity contribution in [1.82, 2.24) is 14.5 Å². The minimum atomic E-state index is -3.37. The molecule has 0 saturated carbocycles. The van der Waals surface area contributed by atoms with Crippen molar-refractivity contribution in [2.75, 3.05) is 66.5 Å². The van der Waals surface area contributed by atoms with Crippen LogP contribution in [0.2, 0.25) is 0 Å². The summed E-state index contributed by atoms with van der Waals surface area (Å²) in [6.45, 7) is 12.2. The van der Waals surface area contributed by atoms with E-state index in [4.69, 9.17) is 14.2 Å². The summed E-state index contributed by atoms with van der Waals surface area (Å²) in [5.41, 5.74) is 0. The molecular weight excluding hydrogens is 713 g/mol. The van der Waals surface area contributed by atoms with Crippen LogP contribution in [-0.2, 0) is 29.0 Å². The normalized spacial score (nSPS) is 12.7. The zero-order valence-corrected chi connectivity index (χ0v) is 37.8. The number of hydrogen-bond donors (Lipinski definition) is 1. The van der Waals surface area contributed by atoms with E-state index in [1.807, 2.05) is 0 Å². The van der Waals surface area contributed by atoms with Crippen LogP contribution in [-0.4, -0.2) is 103 Å². The molecule has 0 radical (unpaired) electrons. The third-order valence-electron chi connectivity index (χ3n) is 10.1. The highest BCUT2D eigenvalue weighted by atomic mass is 32.2. The molecule has 1 atom stereocenters. The highest BCUT2D eigenvalue weighted by Crippen LogP contribution is 2.16. The first-order valence-corrected chi connectivity index (χ1v) is 24.8. The number of aliphatic imine (C=N–C) groups is 1. The maximum atomic E-state index is 12.1. The molecule has 0 fully saturated rings. The first-order chi connectivity index (χ1) is 26.6. The van der Waals surface area contributed by atoms with Gasteiger partial charge in [-0.2, -0.15) is 0 Å². The van der Waals surface area contributed by atoms with Gasteiger partial charge in [0.2, 0.25) is 16.0 Å². The molecule has 0 bridgehead atoms. The Morgan fingerprint density at radius 2 is 1.11 bits per heavy atom. The Labute approximate surface area is 342 Å². The lowest BCUT2D eigenvalue weighted by Crippen LogP contribution is -2.39. The van der Waals surface area contributed by atoms with Crippen molar-refractivity contribution >= 4 is 22.0 Å². The number of nitrogens with zero attached hydrogens (tertiary/aromatic N) is 3. The fraction of sp³-hybridized carbons (Fsp3) is 0.955. The van der Waals surface area contributed by atoms with Gasteiger partial charge in [-0.25, -0.2) is 8.42 Å². The van der Waals surface area contributed by atoms with E-state index in [1.54, 1.807) is 19.0 Å². The molecule has 0 heterocycles. The van der Waals surface area contributed by atoms with Gasteiger partial charge in [0, 0.05) is 35.1 Å². The third-order valence-corrected chi connectivity index (χ3v) is 10.7. The molecular formula is C44H92N4O6S. The van der Waals surface area contributed by atoms with Gasteiger partial charge in [-0.3, -0.25) is 14.5 Å². The molecule has 0 spiro atoms. The van der Waals surface area contributed by atoms with Crippen LogP contribution in [0.5, 0.6) is 0 Å². The van der Waals surface area contributed by atoms with E-state index in [1.165, 1.54) is 103 Å². The van der Waals surface area contributed by atoms with Crippen LogP contribution in [0.15, 0.2) is 4.99 Å². The van der Waals surface area contributed by atoms with Gasteiger partial charge in [-0.05, 0) is 71.0 Å². The Kier molecular flexibility index (Phi) is 38.4. The summed E-state index contributed by atoms with van der Waals surface area (Å²) in [5, 5.41) is 0. The van der Waals surface area contributed by atoms with E-state index < -0.39 is 10.0 Å². The predicted molar refractivity (Wildman–Crippen MR) is 235 cm³/mol. The highest BCUT2D eigenvalue weighted by molar-refractivity contribution is 7.89. The summed E-state index contributed by atoms with van der Waals surface area (Å²) in [5.74, 6) is 0.335. The average molecular weight is 805 g/mol. The first-order valence-electron chi connectivity index (χ1n) is 22.9. The third kappa shape index (κ3) is 39.2. The summed E-state index contributed by atoms with van der Waals surface area (Å²) >= 11 is 0. The highest BCUT2D eigenvalue weighted by Gasteiger charge is 2.11. The standard InChI is InChI=1S/C44H90N4O6S.H2/c1-7-10-13-15-23-30-40-53-43(49)34-26-19-18-21-28-37-48(38-31-35-45-44(47(4)5)46-55(6,50)51)36-27-20-16-17-22-29-39-52-41-54-42(32-24-12-9-3)33-25-14-11-8-2;/h42H,7-41H2,1-6H3,(H,45,46);1H. The lowest BCUT2D eigenvalue weighted by molar-refractivity contribution is -0.143. The van der Waals surface area contributed by atoms with E-state index in [0.29, 0.717) is 38.4 Å². The number of sulfonamides is 1. The SMILES string of the molecule is CCCCCCCCOC(=O)CCCCCCCN(CCCCCCCCOCOC(CCCCC)CCCCCC)CCCN=C(NS(C)(=O)=O)N(C)C.[HH]. The topological polar surface area (TPSA) is 110 Å². The zero-order chi connectivity index (χ0) is 40.7. The molecule has 0 aromatic carbocycles. The number of unbranched alkanes of at least 4 members (excludes halogenated alkanes) is 19. The van der Waals surface area contributed by atoms with Crippen LogP contribution in [0.25, 0.3) is 0 Å². The van der Waals surface area contributed by atoms with E-state index in [0.717, 1.165) is 103 Å². The summed E-state index contributed by atoms with van der Waals surface area (Å²) in [6, 6.07) is 0. The lowest BCUT2D eigenvalue weighted by atomic mass is 10.0. The summed E-state index contributed by atoms with van der Waals surface area (Å²) < 4.78 is 43.4. The second-order valence-electron chi connectivity index (χ2n) is 16.0. The Hall–Kier alpha value is -1.43. The molecule has 0 amide bonds. The van der Waals surface area contributed by atoms with E-state index in [-0.39, 0.29) is 7.40 Å². The zero-order valence-electron chi connectivity index (χ0n) is 37.0. The van der Waals surface area contributed by atoms with Gasteiger partial charge < -0.3 is 24.0 Å². The van der Waals surface area contributed by atoms with E-state index >= 15 is 0 Å². The first kappa shape index (κ1) is 53.6. The minimum absolute atomic E-state index is 0. The second-order valence-corrected chi connectivity index (χ2v) is 17.7. The monoisotopic (exact) mass is 805 g/mol.